The van der Waals surface area contributed by atoms with E-state index in [0.717, 1.165) is 87.4 Å². The number of hydrogen-bond donors (Lipinski definition) is 0. The van der Waals surface area contributed by atoms with Gasteiger partial charge < -0.3 is 14.7 Å². The fourth-order valence-corrected chi connectivity index (χ4v) is 4.92. The SMILES string of the molecule is Cc1nc(N2CCCCC2)cc(N2CCN(c3nc4c(cc3C#N)CCC4)CC2)n1. The minimum absolute atomic E-state index is 0.717. The summed E-state index contributed by atoms with van der Waals surface area (Å²) in [7, 11) is 0. The summed E-state index contributed by atoms with van der Waals surface area (Å²) in [5, 5.41) is 9.65. The van der Waals surface area contributed by atoms with E-state index in [-0.39, 0.29) is 0 Å². The smallest absolute Gasteiger partial charge is 0.146 e. The molecule has 5 rings (SSSR count). The summed E-state index contributed by atoms with van der Waals surface area (Å²) in [4.78, 5) is 21.3. The molecule has 0 amide bonds. The maximum absolute atomic E-state index is 9.65. The van der Waals surface area contributed by atoms with Gasteiger partial charge in [0.25, 0.3) is 0 Å². The van der Waals surface area contributed by atoms with Gasteiger partial charge >= 0.3 is 0 Å². The monoisotopic (exact) mass is 403 g/mol. The summed E-state index contributed by atoms with van der Waals surface area (Å²) >= 11 is 0. The molecule has 2 aromatic heterocycles. The maximum Gasteiger partial charge on any atom is 0.146 e. The lowest BCUT2D eigenvalue weighted by molar-refractivity contribution is 0.572. The Morgan fingerprint density at radius 1 is 0.767 bits per heavy atom. The first-order chi connectivity index (χ1) is 14.7. The number of nitrogens with zero attached hydrogens (tertiary/aromatic N) is 7. The van der Waals surface area contributed by atoms with E-state index in [2.05, 4.69) is 32.9 Å². The highest BCUT2D eigenvalue weighted by atomic mass is 15.3. The highest BCUT2D eigenvalue weighted by Gasteiger charge is 2.25. The summed E-state index contributed by atoms with van der Waals surface area (Å²) < 4.78 is 0. The molecule has 0 radical (unpaired) electrons. The van der Waals surface area contributed by atoms with Crippen molar-refractivity contribution in [1.82, 2.24) is 15.0 Å². The zero-order valence-corrected chi connectivity index (χ0v) is 17.8. The van der Waals surface area contributed by atoms with Crippen LogP contribution < -0.4 is 14.7 Å². The van der Waals surface area contributed by atoms with Gasteiger partial charge in [-0.2, -0.15) is 5.26 Å². The van der Waals surface area contributed by atoms with E-state index in [1.54, 1.807) is 0 Å². The highest BCUT2D eigenvalue weighted by Crippen LogP contribution is 2.29. The number of anilines is 3. The maximum atomic E-state index is 9.65. The molecule has 1 aliphatic carbocycles. The molecule has 0 unspecified atom stereocenters. The lowest BCUT2D eigenvalue weighted by Crippen LogP contribution is -2.47. The number of piperazine rings is 1. The molecule has 0 saturated carbocycles. The third-order valence-corrected chi connectivity index (χ3v) is 6.55. The number of fused-ring (bicyclic) bond motifs is 1. The molecular formula is C23H29N7. The summed E-state index contributed by atoms with van der Waals surface area (Å²) in [6.07, 6.45) is 7.04. The van der Waals surface area contributed by atoms with Crippen LogP contribution in [0.3, 0.4) is 0 Å². The van der Waals surface area contributed by atoms with Crippen LogP contribution in [0.4, 0.5) is 17.5 Å². The number of hydrogen-bond acceptors (Lipinski definition) is 7. The Labute approximate surface area is 178 Å². The number of nitriles is 1. The van der Waals surface area contributed by atoms with Crippen molar-refractivity contribution in [2.45, 2.75) is 45.4 Å². The third-order valence-electron chi connectivity index (χ3n) is 6.55. The molecule has 7 heteroatoms. The molecule has 30 heavy (non-hydrogen) atoms. The Hall–Kier alpha value is -2.88. The van der Waals surface area contributed by atoms with Crippen molar-refractivity contribution < 1.29 is 0 Å². The Bertz CT molecular complexity index is 966. The van der Waals surface area contributed by atoms with Crippen molar-refractivity contribution in [3.8, 4) is 6.07 Å². The van der Waals surface area contributed by atoms with Crippen LogP contribution in [0.2, 0.25) is 0 Å². The molecule has 156 valence electrons. The van der Waals surface area contributed by atoms with Gasteiger partial charge in [-0.1, -0.05) is 0 Å². The van der Waals surface area contributed by atoms with Gasteiger partial charge in [0.2, 0.25) is 0 Å². The van der Waals surface area contributed by atoms with Gasteiger partial charge in [-0.05, 0) is 57.1 Å². The molecule has 2 saturated heterocycles. The topological polar surface area (TPSA) is 72.2 Å². The first-order valence-electron chi connectivity index (χ1n) is 11.2. The van der Waals surface area contributed by atoms with E-state index >= 15 is 0 Å². The summed E-state index contributed by atoms with van der Waals surface area (Å²) in [5.41, 5.74) is 3.16. The molecule has 7 nitrogen and oxygen atoms in total. The number of aromatic nitrogens is 3. The predicted octanol–water partition coefficient (Wildman–Crippen LogP) is 2.86. The van der Waals surface area contributed by atoms with Gasteiger partial charge in [0.15, 0.2) is 0 Å². The van der Waals surface area contributed by atoms with Crippen molar-refractivity contribution in [3.63, 3.8) is 0 Å². The van der Waals surface area contributed by atoms with Crippen LogP contribution in [0.15, 0.2) is 12.1 Å². The first kappa shape index (κ1) is 19.1. The molecular weight excluding hydrogens is 374 g/mol. The Morgan fingerprint density at radius 2 is 1.43 bits per heavy atom. The zero-order valence-electron chi connectivity index (χ0n) is 17.8. The Kier molecular flexibility index (Phi) is 5.16. The zero-order chi connectivity index (χ0) is 20.5. The third kappa shape index (κ3) is 3.67. The molecule has 0 aromatic carbocycles. The van der Waals surface area contributed by atoms with E-state index in [9.17, 15) is 5.26 Å². The lowest BCUT2D eigenvalue weighted by atomic mass is 10.1. The van der Waals surface area contributed by atoms with E-state index in [4.69, 9.17) is 15.0 Å². The van der Waals surface area contributed by atoms with Crippen molar-refractivity contribution in [1.29, 1.82) is 5.26 Å². The van der Waals surface area contributed by atoms with Gasteiger partial charge in [0.1, 0.15) is 29.3 Å². The predicted molar refractivity (Wildman–Crippen MR) is 118 cm³/mol. The lowest BCUT2D eigenvalue weighted by Gasteiger charge is -2.37. The van der Waals surface area contributed by atoms with Crippen LogP contribution in [-0.4, -0.2) is 54.2 Å². The standard InChI is InChI=1S/C23H29N7/c1-17-25-21(28-8-3-2-4-9-28)15-22(26-17)29-10-12-30(13-11-29)23-19(16-24)14-18-6-5-7-20(18)27-23/h14-15H,2-13H2,1H3. The van der Waals surface area contributed by atoms with Crippen molar-refractivity contribution in [3.05, 3.63) is 34.8 Å². The Balaban J connectivity index is 1.32. The minimum atomic E-state index is 0.717. The number of piperidine rings is 1. The van der Waals surface area contributed by atoms with E-state index in [1.165, 1.54) is 30.5 Å². The van der Waals surface area contributed by atoms with Crippen LogP contribution in [0, 0.1) is 18.3 Å². The molecule has 2 aliphatic heterocycles. The molecule has 0 bridgehead atoms. The highest BCUT2D eigenvalue weighted by molar-refractivity contribution is 5.58. The van der Waals surface area contributed by atoms with Crippen LogP contribution in [0.25, 0.3) is 0 Å². The Morgan fingerprint density at radius 3 is 2.13 bits per heavy atom. The average Bonchev–Trinajstić information content (AvgIpc) is 3.26. The number of pyridine rings is 1. The fourth-order valence-electron chi connectivity index (χ4n) is 4.92. The molecule has 4 heterocycles. The van der Waals surface area contributed by atoms with Crippen LogP contribution in [0.1, 0.15) is 48.3 Å². The second-order valence-electron chi connectivity index (χ2n) is 8.58. The van der Waals surface area contributed by atoms with Crippen molar-refractivity contribution in [2.75, 3.05) is 54.0 Å². The second kappa shape index (κ2) is 8.10. The summed E-state index contributed by atoms with van der Waals surface area (Å²) in [6, 6.07) is 6.59. The van der Waals surface area contributed by atoms with Crippen LogP contribution in [0.5, 0.6) is 0 Å². The fraction of sp³-hybridized carbons (Fsp3) is 0.565. The van der Waals surface area contributed by atoms with Gasteiger partial charge in [-0.3, -0.25) is 0 Å². The molecule has 2 aromatic rings. The van der Waals surface area contributed by atoms with Gasteiger partial charge in [-0.15, -0.1) is 0 Å². The van der Waals surface area contributed by atoms with Crippen molar-refractivity contribution in [2.24, 2.45) is 0 Å². The molecule has 2 fully saturated rings. The second-order valence-corrected chi connectivity index (χ2v) is 8.58. The average molecular weight is 404 g/mol. The quantitative estimate of drug-likeness (QED) is 0.780. The molecule has 3 aliphatic rings. The van der Waals surface area contributed by atoms with Gasteiger partial charge in [0.05, 0.1) is 5.56 Å². The van der Waals surface area contributed by atoms with E-state index < -0.39 is 0 Å². The molecule has 0 N–H and O–H groups in total. The number of aryl methyl sites for hydroxylation is 3. The minimum Gasteiger partial charge on any atom is -0.356 e. The summed E-state index contributed by atoms with van der Waals surface area (Å²) in [5.74, 6) is 3.78. The van der Waals surface area contributed by atoms with Crippen molar-refractivity contribution >= 4 is 17.5 Å². The summed E-state index contributed by atoms with van der Waals surface area (Å²) in [6.45, 7) is 7.61. The van der Waals surface area contributed by atoms with Gasteiger partial charge in [-0.25, -0.2) is 15.0 Å². The molecule has 0 spiro atoms. The largest absolute Gasteiger partial charge is 0.356 e. The van der Waals surface area contributed by atoms with Crippen LogP contribution in [-0.2, 0) is 12.8 Å². The van der Waals surface area contributed by atoms with Gasteiger partial charge in [0, 0.05) is 51.0 Å². The van der Waals surface area contributed by atoms with E-state index in [0.29, 0.717) is 0 Å². The van der Waals surface area contributed by atoms with Crippen LogP contribution >= 0.6 is 0 Å². The number of rotatable bonds is 3. The normalized spacial score (nSPS) is 19.0. The first-order valence-corrected chi connectivity index (χ1v) is 11.2. The van der Waals surface area contributed by atoms with E-state index in [1.807, 2.05) is 6.92 Å². The molecule has 0 atom stereocenters.